The summed E-state index contributed by atoms with van der Waals surface area (Å²) >= 11 is 0. The Morgan fingerprint density at radius 1 is 1.30 bits per heavy atom. The Balaban J connectivity index is 1.92. The Morgan fingerprint density at radius 2 is 2.05 bits per heavy atom. The van der Waals surface area contributed by atoms with E-state index >= 15 is 0 Å². The molecule has 0 radical (unpaired) electrons. The highest BCUT2D eigenvalue weighted by Gasteiger charge is 2.20. The van der Waals surface area contributed by atoms with Gasteiger partial charge in [-0.2, -0.15) is 0 Å². The number of benzene rings is 1. The van der Waals surface area contributed by atoms with Gasteiger partial charge in [-0.15, -0.1) is 0 Å². The van der Waals surface area contributed by atoms with Crippen molar-refractivity contribution in [3.05, 3.63) is 29.8 Å². The van der Waals surface area contributed by atoms with Crippen LogP contribution in [0.15, 0.2) is 24.3 Å². The van der Waals surface area contributed by atoms with E-state index in [1.54, 1.807) is 7.11 Å². The topological polar surface area (TPSA) is 41.6 Å². The second-order valence-corrected chi connectivity index (χ2v) is 5.36. The van der Waals surface area contributed by atoms with E-state index in [-0.39, 0.29) is 5.91 Å². The molecule has 110 valence electrons. The summed E-state index contributed by atoms with van der Waals surface area (Å²) in [6.45, 7) is 2.07. The highest BCUT2D eigenvalue weighted by atomic mass is 16.5. The van der Waals surface area contributed by atoms with E-state index in [1.165, 1.54) is 0 Å². The lowest BCUT2D eigenvalue weighted by Crippen LogP contribution is -2.38. The van der Waals surface area contributed by atoms with Gasteiger partial charge in [0.25, 0.3) is 0 Å². The Morgan fingerprint density at radius 3 is 2.75 bits per heavy atom. The zero-order chi connectivity index (χ0) is 14.4. The molecule has 1 atom stereocenters. The highest BCUT2D eigenvalue weighted by Crippen LogP contribution is 2.15. The minimum absolute atomic E-state index is 0.196. The summed E-state index contributed by atoms with van der Waals surface area (Å²) in [4.78, 5) is 14.3. The lowest BCUT2D eigenvalue weighted by molar-refractivity contribution is -0.131. The van der Waals surface area contributed by atoms with Crippen molar-refractivity contribution < 1.29 is 9.53 Å². The molecule has 1 N–H and O–H groups in total. The molecular formula is C16H24N2O2. The standard InChI is InChI=1S/C16H24N2O2/c1-18(14-4-3-10-17-11-9-14)16(19)12-13-5-7-15(20-2)8-6-13/h5-8,14,17H,3-4,9-12H2,1-2H3. The molecule has 4 heteroatoms. The molecule has 1 heterocycles. The van der Waals surface area contributed by atoms with E-state index < -0.39 is 0 Å². The third kappa shape index (κ3) is 3.97. The number of ether oxygens (including phenoxy) is 1. The normalized spacial score (nSPS) is 19.2. The van der Waals surface area contributed by atoms with Gasteiger partial charge in [0.1, 0.15) is 5.75 Å². The molecule has 1 fully saturated rings. The first kappa shape index (κ1) is 14.9. The van der Waals surface area contributed by atoms with Crippen molar-refractivity contribution in [2.45, 2.75) is 31.7 Å². The summed E-state index contributed by atoms with van der Waals surface area (Å²) in [5.41, 5.74) is 1.04. The van der Waals surface area contributed by atoms with E-state index in [4.69, 9.17) is 4.74 Å². The quantitative estimate of drug-likeness (QED) is 0.912. The summed E-state index contributed by atoms with van der Waals surface area (Å²) < 4.78 is 5.13. The van der Waals surface area contributed by atoms with Crippen molar-refractivity contribution in [2.24, 2.45) is 0 Å². The van der Waals surface area contributed by atoms with Crippen LogP contribution < -0.4 is 10.1 Å². The number of methoxy groups -OCH3 is 1. The smallest absolute Gasteiger partial charge is 0.226 e. The van der Waals surface area contributed by atoms with Gasteiger partial charge in [-0.1, -0.05) is 12.1 Å². The number of hydrogen-bond acceptors (Lipinski definition) is 3. The number of likely N-dealkylation sites (N-methyl/N-ethyl adjacent to an activating group) is 1. The first-order chi connectivity index (χ1) is 9.70. The first-order valence-corrected chi connectivity index (χ1v) is 7.30. The van der Waals surface area contributed by atoms with Crippen LogP contribution in [0.25, 0.3) is 0 Å². The van der Waals surface area contributed by atoms with Gasteiger partial charge in [0.15, 0.2) is 0 Å². The van der Waals surface area contributed by atoms with Crippen molar-refractivity contribution in [3.8, 4) is 5.75 Å². The molecule has 2 rings (SSSR count). The number of rotatable bonds is 4. The molecule has 1 aromatic rings. The largest absolute Gasteiger partial charge is 0.497 e. The maximum Gasteiger partial charge on any atom is 0.226 e. The average molecular weight is 276 g/mol. The molecular weight excluding hydrogens is 252 g/mol. The molecule has 1 saturated heterocycles. The summed E-state index contributed by atoms with van der Waals surface area (Å²) in [6, 6.07) is 8.09. The van der Waals surface area contributed by atoms with Gasteiger partial charge in [0.2, 0.25) is 5.91 Å². The number of carbonyl (C=O) groups excluding carboxylic acids is 1. The van der Waals surface area contributed by atoms with E-state index in [0.717, 1.165) is 43.7 Å². The molecule has 0 aliphatic carbocycles. The fourth-order valence-corrected chi connectivity index (χ4v) is 2.63. The van der Waals surface area contributed by atoms with Crippen molar-refractivity contribution in [3.63, 3.8) is 0 Å². The van der Waals surface area contributed by atoms with Crippen molar-refractivity contribution in [1.29, 1.82) is 0 Å². The summed E-state index contributed by atoms with van der Waals surface area (Å²) in [5, 5.41) is 3.38. The lowest BCUT2D eigenvalue weighted by atomic mass is 10.1. The average Bonchev–Trinajstić information content (AvgIpc) is 2.76. The fraction of sp³-hybridized carbons (Fsp3) is 0.562. The van der Waals surface area contributed by atoms with Gasteiger partial charge in [0.05, 0.1) is 13.5 Å². The zero-order valence-corrected chi connectivity index (χ0v) is 12.4. The highest BCUT2D eigenvalue weighted by molar-refractivity contribution is 5.78. The van der Waals surface area contributed by atoms with Crippen LogP contribution in [-0.2, 0) is 11.2 Å². The lowest BCUT2D eigenvalue weighted by Gasteiger charge is -2.27. The minimum atomic E-state index is 0.196. The molecule has 4 nitrogen and oxygen atoms in total. The minimum Gasteiger partial charge on any atom is -0.497 e. The van der Waals surface area contributed by atoms with Crippen molar-refractivity contribution in [1.82, 2.24) is 10.2 Å². The van der Waals surface area contributed by atoms with E-state index in [9.17, 15) is 4.79 Å². The molecule has 0 aromatic heterocycles. The second kappa shape index (κ2) is 7.29. The molecule has 0 spiro atoms. The third-order valence-electron chi connectivity index (χ3n) is 4.00. The van der Waals surface area contributed by atoms with Crippen LogP contribution in [-0.4, -0.2) is 44.1 Å². The Labute approximate surface area is 121 Å². The molecule has 1 aromatic carbocycles. The maximum atomic E-state index is 12.4. The number of nitrogens with one attached hydrogen (secondary N) is 1. The molecule has 20 heavy (non-hydrogen) atoms. The van der Waals surface area contributed by atoms with Crippen LogP contribution in [0, 0.1) is 0 Å². The zero-order valence-electron chi connectivity index (χ0n) is 12.4. The second-order valence-electron chi connectivity index (χ2n) is 5.36. The third-order valence-corrected chi connectivity index (χ3v) is 4.00. The van der Waals surface area contributed by atoms with Crippen LogP contribution in [0.3, 0.4) is 0 Å². The SMILES string of the molecule is COc1ccc(CC(=O)N(C)C2CCCNCC2)cc1. The van der Waals surface area contributed by atoms with E-state index in [1.807, 2.05) is 36.2 Å². The van der Waals surface area contributed by atoms with Gasteiger partial charge in [-0.25, -0.2) is 0 Å². The molecule has 1 amide bonds. The number of hydrogen-bond donors (Lipinski definition) is 1. The monoisotopic (exact) mass is 276 g/mol. The number of nitrogens with zero attached hydrogens (tertiary/aromatic N) is 1. The van der Waals surface area contributed by atoms with Crippen LogP contribution in [0.2, 0.25) is 0 Å². The predicted molar refractivity (Wildman–Crippen MR) is 80.0 cm³/mol. The fourth-order valence-electron chi connectivity index (χ4n) is 2.63. The first-order valence-electron chi connectivity index (χ1n) is 7.30. The van der Waals surface area contributed by atoms with Gasteiger partial charge in [-0.05, 0) is 50.0 Å². The maximum absolute atomic E-state index is 12.4. The van der Waals surface area contributed by atoms with Crippen LogP contribution >= 0.6 is 0 Å². The van der Waals surface area contributed by atoms with Crippen LogP contribution in [0.5, 0.6) is 5.75 Å². The summed E-state index contributed by atoms with van der Waals surface area (Å²) in [6.07, 6.45) is 3.75. The van der Waals surface area contributed by atoms with Gasteiger partial charge in [0, 0.05) is 13.1 Å². The Hall–Kier alpha value is -1.55. The van der Waals surface area contributed by atoms with E-state index in [0.29, 0.717) is 12.5 Å². The van der Waals surface area contributed by atoms with Crippen molar-refractivity contribution >= 4 is 5.91 Å². The molecule has 0 bridgehead atoms. The van der Waals surface area contributed by atoms with Gasteiger partial charge >= 0.3 is 0 Å². The molecule has 1 aliphatic heterocycles. The number of amides is 1. The predicted octanol–water partition coefficient (Wildman–Crippen LogP) is 1.84. The Kier molecular flexibility index (Phi) is 5.41. The van der Waals surface area contributed by atoms with E-state index in [2.05, 4.69) is 5.32 Å². The molecule has 1 unspecified atom stereocenters. The van der Waals surface area contributed by atoms with Crippen LogP contribution in [0.4, 0.5) is 0 Å². The number of carbonyl (C=O) groups is 1. The molecule has 0 saturated carbocycles. The van der Waals surface area contributed by atoms with Crippen LogP contribution in [0.1, 0.15) is 24.8 Å². The molecule has 1 aliphatic rings. The Bertz CT molecular complexity index is 423. The van der Waals surface area contributed by atoms with Gasteiger partial charge in [-0.3, -0.25) is 4.79 Å². The summed E-state index contributed by atoms with van der Waals surface area (Å²) in [5.74, 6) is 1.02. The van der Waals surface area contributed by atoms with Gasteiger partial charge < -0.3 is 15.0 Å². The summed E-state index contributed by atoms with van der Waals surface area (Å²) in [7, 11) is 3.58. The van der Waals surface area contributed by atoms with Crippen molar-refractivity contribution in [2.75, 3.05) is 27.2 Å².